The first-order chi connectivity index (χ1) is 11.3. The van der Waals surface area contributed by atoms with Gasteiger partial charge in [-0.25, -0.2) is 4.79 Å². The van der Waals surface area contributed by atoms with Gasteiger partial charge in [-0.15, -0.1) is 0 Å². The minimum absolute atomic E-state index is 0.389. The van der Waals surface area contributed by atoms with Crippen LogP contribution in [-0.2, 0) is 17.6 Å². The molecule has 2 aromatic carbocycles. The van der Waals surface area contributed by atoms with Gasteiger partial charge in [0.2, 0.25) is 0 Å². The van der Waals surface area contributed by atoms with Crippen molar-refractivity contribution in [2.24, 2.45) is 0 Å². The number of benzene rings is 2. The molecule has 0 radical (unpaired) electrons. The summed E-state index contributed by atoms with van der Waals surface area (Å²) < 4.78 is 10.6. The molecule has 24 heavy (non-hydrogen) atoms. The summed E-state index contributed by atoms with van der Waals surface area (Å²) in [5.74, 6) is 0.464. The minimum atomic E-state index is -0.533. The SMILES string of the molecule is COc1cccc(CCc2ccc(C(=O)OC(C)(C)C)c(N)c2)c1. The molecule has 0 saturated heterocycles. The van der Waals surface area contributed by atoms with E-state index in [2.05, 4.69) is 6.07 Å². The number of esters is 1. The molecular formula is C20H25NO3. The summed E-state index contributed by atoms with van der Waals surface area (Å²) in [7, 11) is 1.66. The van der Waals surface area contributed by atoms with Crippen LogP contribution in [0.2, 0.25) is 0 Å². The standard InChI is InChI=1S/C20H25NO3/c1-20(2,3)24-19(22)17-11-10-15(13-18(17)21)9-8-14-6-5-7-16(12-14)23-4/h5-7,10-13H,8-9,21H2,1-4H3. The average molecular weight is 327 g/mol. The number of nitrogen functional groups attached to an aromatic ring is 1. The third-order valence-electron chi connectivity index (χ3n) is 3.57. The maximum absolute atomic E-state index is 12.1. The number of carbonyl (C=O) groups excluding carboxylic acids is 1. The van der Waals surface area contributed by atoms with Crippen LogP contribution in [0.3, 0.4) is 0 Å². The maximum Gasteiger partial charge on any atom is 0.340 e. The van der Waals surface area contributed by atoms with E-state index in [4.69, 9.17) is 15.2 Å². The Labute approximate surface area is 143 Å². The first-order valence-electron chi connectivity index (χ1n) is 8.03. The molecule has 0 aliphatic heterocycles. The second-order valence-corrected chi connectivity index (χ2v) is 6.78. The van der Waals surface area contributed by atoms with Gasteiger partial charge < -0.3 is 15.2 Å². The molecule has 0 unspecified atom stereocenters. The zero-order valence-electron chi connectivity index (χ0n) is 14.8. The molecule has 2 rings (SSSR count). The first kappa shape index (κ1) is 17.9. The summed E-state index contributed by atoms with van der Waals surface area (Å²) in [6, 6.07) is 13.5. The molecule has 0 aliphatic carbocycles. The van der Waals surface area contributed by atoms with E-state index in [9.17, 15) is 4.79 Å². The van der Waals surface area contributed by atoms with Gasteiger partial charge in [0.1, 0.15) is 11.4 Å². The second kappa shape index (κ2) is 7.39. The predicted molar refractivity (Wildman–Crippen MR) is 96.4 cm³/mol. The summed E-state index contributed by atoms with van der Waals surface area (Å²) in [6.45, 7) is 5.51. The average Bonchev–Trinajstić information content (AvgIpc) is 2.51. The third-order valence-corrected chi connectivity index (χ3v) is 3.57. The molecule has 0 spiro atoms. The summed E-state index contributed by atoms with van der Waals surface area (Å²) in [4.78, 5) is 12.1. The van der Waals surface area contributed by atoms with E-state index in [1.54, 1.807) is 13.2 Å². The Hall–Kier alpha value is -2.49. The molecule has 0 heterocycles. The fourth-order valence-electron chi connectivity index (χ4n) is 2.40. The van der Waals surface area contributed by atoms with E-state index in [1.807, 2.05) is 51.1 Å². The number of anilines is 1. The van der Waals surface area contributed by atoms with Gasteiger partial charge in [0, 0.05) is 5.69 Å². The van der Waals surface area contributed by atoms with Crippen LogP contribution in [-0.4, -0.2) is 18.7 Å². The largest absolute Gasteiger partial charge is 0.497 e. The maximum atomic E-state index is 12.1. The van der Waals surface area contributed by atoms with Gasteiger partial charge in [0.05, 0.1) is 12.7 Å². The van der Waals surface area contributed by atoms with Crippen LogP contribution >= 0.6 is 0 Å². The topological polar surface area (TPSA) is 61.5 Å². The van der Waals surface area contributed by atoms with Gasteiger partial charge in [-0.2, -0.15) is 0 Å². The van der Waals surface area contributed by atoms with Gasteiger partial charge in [0.25, 0.3) is 0 Å². The number of aryl methyl sites for hydroxylation is 2. The molecule has 4 heteroatoms. The summed E-state index contributed by atoms with van der Waals surface area (Å²) in [6.07, 6.45) is 1.72. The number of rotatable bonds is 5. The van der Waals surface area contributed by atoms with Crippen LogP contribution < -0.4 is 10.5 Å². The monoisotopic (exact) mass is 327 g/mol. The van der Waals surface area contributed by atoms with Crippen LogP contribution in [0.5, 0.6) is 5.75 Å². The Morgan fingerprint density at radius 2 is 1.71 bits per heavy atom. The second-order valence-electron chi connectivity index (χ2n) is 6.78. The van der Waals surface area contributed by atoms with E-state index in [0.29, 0.717) is 11.3 Å². The first-order valence-corrected chi connectivity index (χ1v) is 8.03. The smallest absolute Gasteiger partial charge is 0.340 e. The number of nitrogens with two attached hydrogens (primary N) is 1. The van der Waals surface area contributed by atoms with Crippen molar-refractivity contribution in [3.63, 3.8) is 0 Å². The van der Waals surface area contributed by atoms with E-state index in [1.165, 1.54) is 5.56 Å². The lowest BCUT2D eigenvalue weighted by molar-refractivity contribution is 0.00708. The normalized spacial score (nSPS) is 11.2. The zero-order chi connectivity index (χ0) is 17.7. The van der Waals surface area contributed by atoms with Crippen LogP contribution in [0.1, 0.15) is 42.3 Å². The highest BCUT2D eigenvalue weighted by Gasteiger charge is 2.19. The van der Waals surface area contributed by atoms with Crippen LogP contribution in [0.25, 0.3) is 0 Å². The molecule has 0 saturated carbocycles. The molecule has 0 aliphatic rings. The van der Waals surface area contributed by atoms with E-state index >= 15 is 0 Å². The minimum Gasteiger partial charge on any atom is -0.497 e. The Morgan fingerprint density at radius 1 is 1.04 bits per heavy atom. The lowest BCUT2D eigenvalue weighted by atomic mass is 10.0. The van der Waals surface area contributed by atoms with Gasteiger partial charge in [-0.05, 0) is 69.0 Å². The number of methoxy groups -OCH3 is 1. The molecule has 0 bridgehead atoms. The molecule has 4 nitrogen and oxygen atoms in total. The highest BCUT2D eigenvalue weighted by atomic mass is 16.6. The van der Waals surface area contributed by atoms with Crippen molar-refractivity contribution in [3.8, 4) is 5.75 Å². The Kier molecular flexibility index (Phi) is 5.50. The lowest BCUT2D eigenvalue weighted by Crippen LogP contribution is -2.24. The van der Waals surface area contributed by atoms with E-state index < -0.39 is 5.60 Å². The predicted octanol–water partition coefficient (Wildman–Crippen LogP) is 4.02. The molecule has 0 atom stereocenters. The molecular weight excluding hydrogens is 302 g/mol. The third kappa shape index (κ3) is 5.01. The molecule has 2 aromatic rings. The Morgan fingerprint density at radius 3 is 2.29 bits per heavy atom. The number of hydrogen-bond acceptors (Lipinski definition) is 4. The van der Waals surface area contributed by atoms with Gasteiger partial charge >= 0.3 is 5.97 Å². The number of hydrogen-bond donors (Lipinski definition) is 1. The van der Waals surface area contributed by atoms with Crippen LogP contribution in [0.4, 0.5) is 5.69 Å². The zero-order valence-corrected chi connectivity index (χ0v) is 14.8. The van der Waals surface area contributed by atoms with Crippen molar-refractivity contribution in [1.29, 1.82) is 0 Å². The molecule has 128 valence electrons. The molecule has 0 aromatic heterocycles. The van der Waals surface area contributed by atoms with Gasteiger partial charge in [-0.1, -0.05) is 18.2 Å². The quantitative estimate of drug-likeness (QED) is 0.665. The molecule has 2 N–H and O–H groups in total. The Bertz CT molecular complexity index is 717. The van der Waals surface area contributed by atoms with Crippen molar-refractivity contribution >= 4 is 11.7 Å². The van der Waals surface area contributed by atoms with Crippen molar-refractivity contribution in [3.05, 3.63) is 59.2 Å². The molecule has 0 amide bonds. The lowest BCUT2D eigenvalue weighted by Gasteiger charge is -2.20. The van der Waals surface area contributed by atoms with Crippen LogP contribution in [0, 0.1) is 0 Å². The highest BCUT2D eigenvalue weighted by molar-refractivity contribution is 5.95. The fourth-order valence-corrected chi connectivity index (χ4v) is 2.40. The van der Waals surface area contributed by atoms with Crippen molar-refractivity contribution in [2.75, 3.05) is 12.8 Å². The Balaban J connectivity index is 2.05. The molecule has 0 fully saturated rings. The van der Waals surface area contributed by atoms with E-state index in [0.717, 1.165) is 24.2 Å². The van der Waals surface area contributed by atoms with Gasteiger partial charge in [-0.3, -0.25) is 0 Å². The van der Waals surface area contributed by atoms with Crippen molar-refractivity contribution in [2.45, 2.75) is 39.2 Å². The summed E-state index contributed by atoms with van der Waals surface area (Å²) in [5.41, 5.74) is 8.65. The van der Waals surface area contributed by atoms with E-state index in [-0.39, 0.29) is 5.97 Å². The number of carbonyl (C=O) groups is 1. The summed E-state index contributed by atoms with van der Waals surface area (Å²) >= 11 is 0. The fraction of sp³-hybridized carbons (Fsp3) is 0.350. The van der Waals surface area contributed by atoms with Gasteiger partial charge in [0.15, 0.2) is 0 Å². The van der Waals surface area contributed by atoms with Crippen molar-refractivity contribution < 1.29 is 14.3 Å². The van der Waals surface area contributed by atoms with Crippen LogP contribution in [0.15, 0.2) is 42.5 Å². The number of ether oxygens (including phenoxy) is 2. The summed E-state index contributed by atoms with van der Waals surface area (Å²) in [5, 5.41) is 0. The highest BCUT2D eigenvalue weighted by Crippen LogP contribution is 2.20. The van der Waals surface area contributed by atoms with Crippen molar-refractivity contribution in [1.82, 2.24) is 0 Å².